The van der Waals surface area contributed by atoms with Gasteiger partial charge in [0.15, 0.2) is 0 Å². The third-order valence-corrected chi connectivity index (χ3v) is 3.22. The van der Waals surface area contributed by atoms with Gasteiger partial charge in [-0.15, -0.1) is 0 Å². The van der Waals surface area contributed by atoms with Gasteiger partial charge < -0.3 is 10.6 Å². The molecule has 70 valence electrons. The van der Waals surface area contributed by atoms with Gasteiger partial charge in [0.25, 0.3) is 0 Å². The van der Waals surface area contributed by atoms with E-state index < -0.39 is 0 Å². The fraction of sp³-hybridized carbons (Fsp3) is 1.00. The zero-order chi connectivity index (χ0) is 8.44. The summed E-state index contributed by atoms with van der Waals surface area (Å²) < 4.78 is 0. The van der Waals surface area contributed by atoms with Crippen molar-refractivity contribution in [3.8, 4) is 0 Å². The molecule has 2 heteroatoms. The van der Waals surface area contributed by atoms with Crippen LogP contribution in [0.5, 0.6) is 0 Å². The number of rotatable bonds is 3. The Morgan fingerprint density at radius 2 is 2.33 bits per heavy atom. The van der Waals surface area contributed by atoms with Gasteiger partial charge in [-0.05, 0) is 37.6 Å². The molecular weight excluding hydrogens is 148 g/mol. The molecule has 1 atom stereocenters. The van der Waals surface area contributed by atoms with E-state index in [2.05, 4.69) is 17.6 Å². The number of hydrogen-bond acceptors (Lipinski definition) is 2. The summed E-state index contributed by atoms with van der Waals surface area (Å²) in [4.78, 5) is 0. The molecule has 1 aliphatic heterocycles. The average molecular weight is 168 g/mol. The predicted molar refractivity (Wildman–Crippen MR) is 51.2 cm³/mol. The van der Waals surface area contributed by atoms with Crippen LogP contribution in [0, 0.1) is 5.41 Å². The fourth-order valence-corrected chi connectivity index (χ4v) is 1.81. The molecule has 0 aromatic rings. The van der Waals surface area contributed by atoms with Crippen molar-refractivity contribution >= 4 is 0 Å². The van der Waals surface area contributed by atoms with Crippen molar-refractivity contribution < 1.29 is 0 Å². The van der Waals surface area contributed by atoms with Crippen LogP contribution in [-0.4, -0.2) is 25.7 Å². The molecule has 0 spiro atoms. The summed E-state index contributed by atoms with van der Waals surface area (Å²) in [6.07, 6.45) is 5.57. The minimum absolute atomic E-state index is 0.664. The molecule has 1 saturated heterocycles. The number of nitrogens with one attached hydrogen (secondary N) is 2. The van der Waals surface area contributed by atoms with Gasteiger partial charge in [-0.2, -0.15) is 0 Å². The maximum absolute atomic E-state index is 3.66. The van der Waals surface area contributed by atoms with E-state index in [1.807, 2.05) is 0 Å². The molecule has 2 N–H and O–H groups in total. The van der Waals surface area contributed by atoms with Gasteiger partial charge in [0.05, 0.1) is 0 Å². The minimum atomic E-state index is 0.664. The van der Waals surface area contributed by atoms with Crippen LogP contribution >= 0.6 is 0 Å². The third-order valence-electron chi connectivity index (χ3n) is 3.22. The lowest BCUT2D eigenvalue weighted by atomic mass is 10.1. The van der Waals surface area contributed by atoms with Crippen molar-refractivity contribution in [3.63, 3.8) is 0 Å². The van der Waals surface area contributed by atoms with Crippen LogP contribution in [0.4, 0.5) is 0 Å². The second kappa shape index (κ2) is 3.35. The fourth-order valence-electron chi connectivity index (χ4n) is 1.81. The molecule has 2 nitrogen and oxygen atoms in total. The standard InChI is InChI=1S/C10H20N2/c1-10(4-5-10)8-12-9-3-2-6-11-7-9/h9,11-12H,2-8H2,1H3. The zero-order valence-electron chi connectivity index (χ0n) is 8.03. The molecule has 1 saturated carbocycles. The summed E-state index contributed by atoms with van der Waals surface area (Å²) in [5.41, 5.74) is 0.664. The summed E-state index contributed by atoms with van der Waals surface area (Å²) in [5, 5.41) is 7.09. The average Bonchev–Trinajstić information content (AvgIpc) is 2.84. The van der Waals surface area contributed by atoms with Crippen LogP contribution in [-0.2, 0) is 0 Å². The van der Waals surface area contributed by atoms with Gasteiger partial charge in [0.1, 0.15) is 0 Å². The molecule has 1 heterocycles. The maximum atomic E-state index is 3.66. The van der Waals surface area contributed by atoms with Gasteiger partial charge in [0, 0.05) is 19.1 Å². The van der Waals surface area contributed by atoms with Crippen LogP contribution < -0.4 is 10.6 Å². The highest BCUT2D eigenvalue weighted by Crippen LogP contribution is 2.44. The smallest absolute Gasteiger partial charge is 0.0193 e. The molecule has 0 aromatic heterocycles. The third kappa shape index (κ3) is 2.20. The van der Waals surface area contributed by atoms with E-state index in [-0.39, 0.29) is 0 Å². The Kier molecular flexibility index (Phi) is 2.37. The first-order valence-corrected chi connectivity index (χ1v) is 5.23. The second-order valence-corrected chi connectivity index (χ2v) is 4.73. The molecule has 1 aliphatic carbocycles. The SMILES string of the molecule is CC1(CNC2CCCNC2)CC1. The van der Waals surface area contributed by atoms with Crippen LogP contribution in [0.2, 0.25) is 0 Å². The Labute approximate surface area is 75.1 Å². The van der Waals surface area contributed by atoms with Gasteiger partial charge in [-0.25, -0.2) is 0 Å². The lowest BCUT2D eigenvalue weighted by molar-refractivity contribution is 0.360. The van der Waals surface area contributed by atoms with Crippen molar-refractivity contribution in [2.45, 2.75) is 38.6 Å². The van der Waals surface area contributed by atoms with Crippen molar-refractivity contribution in [1.29, 1.82) is 0 Å². The molecule has 12 heavy (non-hydrogen) atoms. The van der Waals surface area contributed by atoms with E-state index >= 15 is 0 Å². The monoisotopic (exact) mass is 168 g/mol. The quantitative estimate of drug-likeness (QED) is 0.660. The molecule has 2 aliphatic rings. The van der Waals surface area contributed by atoms with E-state index in [1.54, 1.807) is 0 Å². The summed E-state index contributed by atoms with van der Waals surface area (Å²) in [6, 6.07) is 0.746. The summed E-state index contributed by atoms with van der Waals surface area (Å²) in [7, 11) is 0. The molecule has 1 unspecified atom stereocenters. The minimum Gasteiger partial charge on any atom is -0.315 e. The van der Waals surface area contributed by atoms with Crippen LogP contribution in [0.25, 0.3) is 0 Å². The Hall–Kier alpha value is -0.0800. The maximum Gasteiger partial charge on any atom is 0.0193 e. The van der Waals surface area contributed by atoms with Gasteiger partial charge in [-0.1, -0.05) is 6.92 Å². The normalized spacial score (nSPS) is 33.2. The van der Waals surface area contributed by atoms with E-state index in [1.165, 1.54) is 45.3 Å². The zero-order valence-corrected chi connectivity index (χ0v) is 8.03. The summed E-state index contributed by atoms with van der Waals surface area (Å²) in [5.74, 6) is 0. The molecule has 0 radical (unpaired) electrons. The predicted octanol–water partition coefficient (Wildman–Crippen LogP) is 1.13. The first-order valence-electron chi connectivity index (χ1n) is 5.23. The number of piperidine rings is 1. The van der Waals surface area contributed by atoms with Crippen LogP contribution in [0.15, 0.2) is 0 Å². The van der Waals surface area contributed by atoms with Gasteiger partial charge in [0.2, 0.25) is 0 Å². The Morgan fingerprint density at radius 3 is 2.92 bits per heavy atom. The van der Waals surface area contributed by atoms with Gasteiger partial charge >= 0.3 is 0 Å². The lowest BCUT2D eigenvalue weighted by Gasteiger charge is -2.25. The second-order valence-electron chi connectivity index (χ2n) is 4.73. The van der Waals surface area contributed by atoms with Crippen molar-refractivity contribution in [1.82, 2.24) is 10.6 Å². The highest BCUT2D eigenvalue weighted by molar-refractivity contribution is 4.91. The summed E-state index contributed by atoms with van der Waals surface area (Å²) >= 11 is 0. The Bertz CT molecular complexity index is 146. The largest absolute Gasteiger partial charge is 0.315 e. The molecule has 0 bridgehead atoms. The first-order chi connectivity index (χ1) is 5.79. The first kappa shape index (κ1) is 8.52. The van der Waals surface area contributed by atoms with Crippen molar-refractivity contribution in [3.05, 3.63) is 0 Å². The van der Waals surface area contributed by atoms with Crippen LogP contribution in [0.1, 0.15) is 32.6 Å². The van der Waals surface area contributed by atoms with Crippen LogP contribution in [0.3, 0.4) is 0 Å². The molecule has 2 fully saturated rings. The summed E-state index contributed by atoms with van der Waals surface area (Å²) in [6.45, 7) is 6.02. The van der Waals surface area contributed by atoms with E-state index in [4.69, 9.17) is 0 Å². The van der Waals surface area contributed by atoms with Crippen molar-refractivity contribution in [2.75, 3.05) is 19.6 Å². The molecular formula is C10H20N2. The Balaban J connectivity index is 1.65. The highest BCUT2D eigenvalue weighted by atomic mass is 15.0. The molecule has 0 amide bonds. The van der Waals surface area contributed by atoms with Crippen molar-refractivity contribution in [2.24, 2.45) is 5.41 Å². The topological polar surface area (TPSA) is 24.1 Å². The lowest BCUT2D eigenvalue weighted by Crippen LogP contribution is -2.44. The number of hydrogen-bond donors (Lipinski definition) is 2. The van der Waals surface area contributed by atoms with Gasteiger partial charge in [-0.3, -0.25) is 0 Å². The van der Waals surface area contributed by atoms with E-state index in [0.29, 0.717) is 5.41 Å². The molecule has 0 aromatic carbocycles. The highest BCUT2D eigenvalue weighted by Gasteiger charge is 2.37. The van der Waals surface area contributed by atoms with E-state index in [9.17, 15) is 0 Å². The van der Waals surface area contributed by atoms with E-state index in [0.717, 1.165) is 6.04 Å². The Morgan fingerprint density at radius 1 is 1.50 bits per heavy atom. The molecule has 2 rings (SSSR count).